The van der Waals surface area contributed by atoms with E-state index in [2.05, 4.69) is 64.6 Å². The van der Waals surface area contributed by atoms with Gasteiger partial charge in [0, 0.05) is 66.3 Å². The molecule has 20 heteroatoms. The van der Waals surface area contributed by atoms with Gasteiger partial charge in [0.05, 0.1) is 42.1 Å². The normalized spacial score (nSPS) is 20.3. The van der Waals surface area contributed by atoms with Crippen LogP contribution >= 0.6 is 0 Å². The molecule has 1 aromatic carbocycles. The highest BCUT2D eigenvalue weighted by Gasteiger charge is 2.40. The molecule has 5 unspecified atom stereocenters. The number of imidazole rings is 1. The third-order valence-electron chi connectivity index (χ3n) is 12.9. The van der Waals surface area contributed by atoms with Gasteiger partial charge >= 0.3 is 5.97 Å². The van der Waals surface area contributed by atoms with Crippen molar-refractivity contribution in [2.24, 2.45) is 16.7 Å². The van der Waals surface area contributed by atoms with E-state index in [9.17, 15) is 29.1 Å². The topological polar surface area (TPSA) is 300 Å². The predicted octanol–water partition coefficient (Wildman–Crippen LogP) is 3.20. The molecule has 0 saturated heterocycles. The molecule has 5 atom stereocenters. The third-order valence-corrected chi connectivity index (χ3v) is 12.9. The van der Waals surface area contributed by atoms with Gasteiger partial charge in [0.15, 0.2) is 17.0 Å². The lowest BCUT2D eigenvalue weighted by atomic mass is 9.71. The molecule has 0 spiro atoms. The van der Waals surface area contributed by atoms with E-state index in [-0.39, 0.29) is 84.8 Å². The molecule has 0 bridgehead atoms. The smallest absolute Gasteiger partial charge is 0.326 e. The Morgan fingerprint density at radius 2 is 1.84 bits per heavy atom. The molecular formula is C47H61N13O7. The summed E-state index contributed by atoms with van der Waals surface area (Å²) in [5, 5.41) is 22.8. The van der Waals surface area contributed by atoms with Gasteiger partial charge in [0.2, 0.25) is 17.8 Å². The summed E-state index contributed by atoms with van der Waals surface area (Å²) in [7, 11) is 0. The van der Waals surface area contributed by atoms with Gasteiger partial charge in [-0.1, -0.05) is 70.5 Å². The van der Waals surface area contributed by atoms with Crippen molar-refractivity contribution in [3.05, 3.63) is 76.1 Å². The van der Waals surface area contributed by atoms with Crippen LogP contribution in [0.3, 0.4) is 0 Å². The highest BCUT2D eigenvalue weighted by Crippen LogP contribution is 2.42. The molecule has 1 aliphatic heterocycles. The summed E-state index contributed by atoms with van der Waals surface area (Å²) in [5.74, 6) is -0.691. The van der Waals surface area contributed by atoms with Crippen molar-refractivity contribution in [2.75, 3.05) is 31.2 Å². The van der Waals surface area contributed by atoms with Crippen LogP contribution in [0.2, 0.25) is 0 Å². The number of carboxylic acid groups (broad SMARTS) is 1. The highest BCUT2D eigenvalue weighted by molar-refractivity contribution is 6.06. The maximum atomic E-state index is 13.3. The van der Waals surface area contributed by atoms with Crippen molar-refractivity contribution in [1.29, 1.82) is 0 Å². The molecule has 5 aromatic rings. The number of carboxylic acids is 1. The Morgan fingerprint density at radius 1 is 1.06 bits per heavy atom. The number of fused-ring (bicyclic) bond motifs is 6. The van der Waals surface area contributed by atoms with Gasteiger partial charge in [-0.3, -0.25) is 24.2 Å². The highest BCUT2D eigenvalue weighted by atomic mass is 16.5. The third kappa shape index (κ3) is 11.3. The SMILES string of the molecule is CCC1Cc2nc3c(N)nc4ccccc4c3n2CC1(C)CNC(=O)CC(C)OCC(C)(C)CNC(=O)CCC(NC(=O)C1=CCC(C)(NCc2cnc3nc(N)[nH]c(=O)c3n2)C=C1)C(=O)O. The first-order valence-electron chi connectivity index (χ1n) is 22.6. The molecule has 10 N–H and O–H groups in total. The largest absolute Gasteiger partial charge is 0.480 e. The molecule has 3 amide bonds. The molecule has 0 radical (unpaired) electrons. The number of carbonyl (C=O) groups is 4. The number of aromatic amines is 1. The molecule has 0 fully saturated rings. The molecule has 20 nitrogen and oxygen atoms in total. The zero-order valence-electron chi connectivity index (χ0n) is 38.9. The fourth-order valence-electron chi connectivity index (χ4n) is 8.72. The van der Waals surface area contributed by atoms with Gasteiger partial charge in [-0.05, 0) is 38.7 Å². The Morgan fingerprint density at radius 3 is 2.57 bits per heavy atom. The lowest BCUT2D eigenvalue weighted by molar-refractivity contribution is -0.141. The van der Waals surface area contributed by atoms with Crippen molar-refractivity contribution < 1.29 is 29.0 Å². The Bertz CT molecular complexity index is 2840. The number of nitrogen functional groups attached to an aromatic ring is 2. The number of anilines is 2. The summed E-state index contributed by atoms with van der Waals surface area (Å²) in [6.45, 7) is 13.9. The van der Waals surface area contributed by atoms with Crippen LogP contribution in [0.15, 0.2) is 59.1 Å². The van der Waals surface area contributed by atoms with Crippen LogP contribution in [-0.4, -0.2) is 101 Å². The number of pyridine rings is 1. The lowest BCUT2D eigenvalue weighted by Gasteiger charge is -2.42. The number of carbonyl (C=O) groups excluding carboxylic acids is 3. The van der Waals surface area contributed by atoms with E-state index < -0.39 is 40.5 Å². The number of H-pyrrole nitrogens is 1. The molecular weight excluding hydrogens is 859 g/mol. The number of ether oxygens (including phenoxy) is 1. The number of hydrogen-bond donors (Lipinski definition) is 8. The molecule has 5 heterocycles. The first-order chi connectivity index (χ1) is 31.7. The van der Waals surface area contributed by atoms with E-state index >= 15 is 0 Å². The number of para-hydroxylation sites is 1. The van der Waals surface area contributed by atoms with E-state index in [0.29, 0.717) is 36.5 Å². The molecule has 0 saturated carbocycles. The Hall–Kier alpha value is -6.80. The zero-order chi connectivity index (χ0) is 48.3. The second-order valence-electron chi connectivity index (χ2n) is 19.2. The maximum absolute atomic E-state index is 13.3. The monoisotopic (exact) mass is 919 g/mol. The number of rotatable bonds is 19. The number of aromatic nitrogens is 7. The predicted molar refractivity (Wildman–Crippen MR) is 253 cm³/mol. The summed E-state index contributed by atoms with van der Waals surface area (Å²) in [6.07, 6.45) is 8.20. The summed E-state index contributed by atoms with van der Waals surface area (Å²) >= 11 is 0. The fourth-order valence-corrected chi connectivity index (χ4v) is 8.72. The van der Waals surface area contributed by atoms with Crippen molar-refractivity contribution in [3.8, 4) is 0 Å². The van der Waals surface area contributed by atoms with E-state index in [1.807, 2.05) is 52.0 Å². The number of nitrogens with two attached hydrogens (primary N) is 2. The molecule has 1 aliphatic carbocycles. The zero-order valence-corrected chi connectivity index (χ0v) is 38.9. The number of aliphatic carboxylic acids is 1. The molecule has 67 heavy (non-hydrogen) atoms. The van der Waals surface area contributed by atoms with Crippen molar-refractivity contribution >= 4 is 68.6 Å². The minimum Gasteiger partial charge on any atom is -0.480 e. The Balaban J connectivity index is 0.821. The van der Waals surface area contributed by atoms with E-state index in [4.69, 9.17) is 21.2 Å². The van der Waals surface area contributed by atoms with Gasteiger partial charge in [-0.2, -0.15) is 4.98 Å². The summed E-state index contributed by atoms with van der Waals surface area (Å²) in [5.41, 5.74) is 13.6. The minimum absolute atomic E-state index is 0.0520. The van der Waals surface area contributed by atoms with Gasteiger partial charge in [0.1, 0.15) is 17.4 Å². The molecule has 4 aromatic heterocycles. The van der Waals surface area contributed by atoms with Crippen LogP contribution in [0.4, 0.5) is 11.8 Å². The summed E-state index contributed by atoms with van der Waals surface area (Å²) < 4.78 is 8.35. The van der Waals surface area contributed by atoms with E-state index in [1.54, 1.807) is 18.2 Å². The Kier molecular flexibility index (Phi) is 14.1. The summed E-state index contributed by atoms with van der Waals surface area (Å²) in [4.78, 5) is 88.1. The minimum atomic E-state index is -1.30. The fraction of sp³-hybridized carbons (Fsp3) is 0.489. The lowest BCUT2D eigenvalue weighted by Crippen LogP contribution is -2.47. The average Bonchev–Trinajstić information content (AvgIpc) is 3.66. The van der Waals surface area contributed by atoms with Gasteiger partial charge in [-0.25, -0.2) is 24.7 Å². The molecule has 2 aliphatic rings. The second-order valence-corrected chi connectivity index (χ2v) is 19.2. The van der Waals surface area contributed by atoms with Crippen LogP contribution < -0.4 is 38.3 Å². The van der Waals surface area contributed by atoms with Crippen molar-refractivity contribution in [3.63, 3.8) is 0 Å². The molecule has 356 valence electrons. The van der Waals surface area contributed by atoms with Gasteiger partial charge in [-0.15, -0.1) is 0 Å². The standard InChI is InChI=1S/C47H61N13O7/c1-7-28-19-33-57-36-38(30-10-8-9-11-31(30)55-39(36)48)60(33)24-46(28,5)23-52-35(62)18-26(2)67-25-45(3,4)22-51-34(61)13-12-32(43(65)66)56-41(63)27-14-16-47(6,17-15-27)53-21-29-20-50-40-37(54-29)42(64)59-44(49)58-40/h8-11,14-16,20,26,28,32,53H,7,12-13,17-19,21-25H2,1-6H3,(H2,48,55)(H,51,61)(H,52,62)(H,56,63)(H,65,66)(H3,49,50,58,59,64). The van der Waals surface area contributed by atoms with Crippen LogP contribution in [0.5, 0.6) is 0 Å². The number of hydrogen-bond acceptors (Lipinski definition) is 14. The Labute approximate surface area is 387 Å². The number of amides is 3. The quantitative estimate of drug-likeness (QED) is 0.0590. The number of benzene rings is 1. The molecule has 7 rings (SSSR count). The first kappa shape index (κ1) is 48.1. The van der Waals surface area contributed by atoms with Crippen molar-refractivity contribution in [1.82, 2.24) is 55.7 Å². The summed E-state index contributed by atoms with van der Waals surface area (Å²) in [6, 6.07) is 6.63. The van der Waals surface area contributed by atoms with E-state index in [1.165, 1.54) is 6.20 Å². The van der Waals surface area contributed by atoms with Crippen LogP contribution in [0.25, 0.3) is 33.1 Å². The van der Waals surface area contributed by atoms with Crippen molar-refractivity contribution in [2.45, 2.75) is 111 Å². The second kappa shape index (κ2) is 19.6. The van der Waals surface area contributed by atoms with Crippen LogP contribution in [0.1, 0.15) is 85.2 Å². The van der Waals surface area contributed by atoms with Gasteiger partial charge in [0.25, 0.3) is 11.5 Å². The number of nitrogens with zero attached hydrogens (tertiary/aromatic N) is 6. The first-order valence-corrected chi connectivity index (χ1v) is 22.6. The van der Waals surface area contributed by atoms with Crippen LogP contribution in [0, 0.1) is 16.7 Å². The number of nitrogens with one attached hydrogen (secondary N) is 5. The maximum Gasteiger partial charge on any atom is 0.326 e. The van der Waals surface area contributed by atoms with Gasteiger partial charge < -0.3 is 47.1 Å². The van der Waals surface area contributed by atoms with Crippen LogP contribution in [-0.2, 0) is 43.4 Å². The van der Waals surface area contributed by atoms with E-state index in [0.717, 1.165) is 35.1 Å². The average molecular weight is 920 g/mol.